The molecule has 0 unspecified atom stereocenters. The van der Waals surface area contributed by atoms with E-state index in [1.807, 2.05) is 32.2 Å². The number of aryl methyl sites for hydroxylation is 2. The second kappa shape index (κ2) is 3.59. The summed E-state index contributed by atoms with van der Waals surface area (Å²) in [6.45, 7) is 1.97. The smallest absolute Gasteiger partial charge is 0.129 e. The van der Waals surface area contributed by atoms with Gasteiger partial charge in [0.2, 0.25) is 0 Å². The molecule has 1 aromatic carbocycles. The summed E-state index contributed by atoms with van der Waals surface area (Å²) in [4.78, 5) is 0. The van der Waals surface area contributed by atoms with Crippen molar-refractivity contribution in [2.24, 2.45) is 7.05 Å². The number of rotatable bonds is 1. The molecular weight excluding hydrogens is 210 g/mol. The lowest BCUT2D eigenvalue weighted by Gasteiger charge is -2.05. The normalized spacial score (nSPS) is 10.6. The lowest BCUT2D eigenvalue weighted by atomic mass is 10.1. The lowest BCUT2D eigenvalue weighted by Crippen LogP contribution is -1.98. The number of hydrogen-bond donors (Lipinski definition) is 1. The van der Waals surface area contributed by atoms with Crippen LogP contribution in [0, 0.1) is 6.92 Å². The molecule has 0 aliphatic heterocycles. The Morgan fingerprint density at radius 1 is 1.33 bits per heavy atom. The van der Waals surface area contributed by atoms with Crippen molar-refractivity contribution in [2.75, 3.05) is 5.73 Å². The Bertz CT molecular complexity index is 503. The molecule has 1 heterocycles. The molecule has 0 fully saturated rings. The van der Waals surface area contributed by atoms with Gasteiger partial charge in [0, 0.05) is 18.2 Å². The number of nitrogens with zero attached hydrogens (tertiary/aromatic N) is 2. The van der Waals surface area contributed by atoms with Crippen LogP contribution in [0.25, 0.3) is 11.1 Å². The van der Waals surface area contributed by atoms with Crippen LogP contribution in [0.2, 0.25) is 5.02 Å². The average molecular weight is 222 g/mol. The van der Waals surface area contributed by atoms with Crippen molar-refractivity contribution in [3.63, 3.8) is 0 Å². The molecule has 2 aromatic rings. The van der Waals surface area contributed by atoms with Gasteiger partial charge in [-0.3, -0.25) is 4.68 Å². The van der Waals surface area contributed by atoms with Gasteiger partial charge >= 0.3 is 0 Å². The highest BCUT2D eigenvalue weighted by atomic mass is 35.5. The number of aromatic nitrogens is 2. The minimum atomic E-state index is 0.627. The van der Waals surface area contributed by atoms with Crippen molar-refractivity contribution in [2.45, 2.75) is 6.92 Å². The van der Waals surface area contributed by atoms with E-state index in [0.29, 0.717) is 5.82 Å². The number of halogens is 1. The van der Waals surface area contributed by atoms with E-state index in [1.54, 1.807) is 10.9 Å². The SMILES string of the molecule is Cc1cccc(-c2cnn(C)c2N)c1Cl. The fourth-order valence-electron chi connectivity index (χ4n) is 1.51. The van der Waals surface area contributed by atoms with Crippen LogP contribution in [0.3, 0.4) is 0 Å². The zero-order chi connectivity index (χ0) is 11.0. The second-order valence-electron chi connectivity index (χ2n) is 3.50. The van der Waals surface area contributed by atoms with Crippen molar-refractivity contribution < 1.29 is 0 Å². The molecule has 0 atom stereocenters. The number of hydrogen-bond acceptors (Lipinski definition) is 2. The summed E-state index contributed by atoms with van der Waals surface area (Å²) in [5.41, 5.74) is 8.75. The van der Waals surface area contributed by atoms with Crippen molar-refractivity contribution in [1.82, 2.24) is 9.78 Å². The first-order valence-corrected chi connectivity index (χ1v) is 5.02. The molecule has 0 amide bonds. The summed E-state index contributed by atoms with van der Waals surface area (Å²) in [6, 6.07) is 5.88. The minimum Gasteiger partial charge on any atom is -0.383 e. The zero-order valence-electron chi connectivity index (χ0n) is 8.66. The van der Waals surface area contributed by atoms with Gasteiger partial charge in [0.05, 0.1) is 11.2 Å². The van der Waals surface area contributed by atoms with E-state index in [9.17, 15) is 0 Å². The number of anilines is 1. The molecule has 0 bridgehead atoms. The molecule has 15 heavy (non-hydrogen) atoms. The maximum Gasteiger partial charge on any atom is 0.129 e. The fraction of sp³-hybridized carbons (Fsp3) is 0.182. The minimum absolute atomic E-state index is 0.627. The van der Waals surface area contributed by atoms with Gasteiger partial charge in [0.1, 0.15) is 5.82 Å². The highest BCUT2D eigenvalue weighted by Crippen LogP contribution is 2.33. The third-order valence-corrected chi connectivity index (χ3v) is 2.97. The molecule has 4 heteroatoms. The van der Waals surface area contributed by atoms with Gasteiger partial charge in [0.15, 0.2) is 0 Å². The van der Waals surface area contributed by atoms with Crippen LogP contribution < -0.4 is 5.73 Å². The van der Waals surface area contributed by atoms with Crippen LogP contribution in [-0.2, 0) is 7.05 Å². The topological polar surface area (TPSA) is 43.8 Å². The van der Waals surface area contributed by atoms with Crippen molar-refractivity contribution in [1.29, 1.82) is 0 Å². The van der Waals surface area contributed by atoms with Gasteiger partial charge in [-0.1, -0.05) is 29.8 Å². The van der Waals surface area contributed by atoms with Crippen LogP contribution in [0.5, 0.6) is 0 Å². The predicted octanol–water partition coefficient (Wildman–Crippen LogP) is 2.63. The molecule has 2 rings (SSSR count). The molecule has 0 aliphatic carbocycles. The third kappa shape index (κ3) is 1.59. The predicted molar refractivity (Wildman–Crippen MR) is 62.8 cm³/mol. The van der Waals surface area contributed by atoms with Crippen LogP contribution >= 0.6 is 11.6 Å². The van der Waals surface area contributed by atoms with Crippen molar-refractivity contribution >= 4 is 17.4 Å². The van der Waals surface area contributed by atoms with E-state index in [0.717, 1.165) is 21.7 Å². The average Bonchev–Trinajstić information content (AvgIpc) is 2.53. The van der Waals surface area contributed by atoms with Crippen molar-refractivity contribution in [3.8, 4) is 11.1 Å². The Balaban J connectivity index is 2.64. The highest BCUT2D eigenvalue weighted by molar-refractivity contribution is 6.34. The molecule has 2 N–H and O–H groups in total. The Kier molecular flexibility index (Phi) is 2.40. The van der Waals surface area contributed by atoms with Gasteiger partial charge in [-0.2, -0.15) is 5.10 Å². The number of nitrogen functional groups attached to an aromatic ring is 1. The van der Waals surface area contributed by atoms with E-state index in [4.69, 9.17) is 17.3 Å². The molecule has 0 spiro atoms. The zero-order valence-corrected chi connectivity index (χ0v) is 9.42. The number of benzene rings is 1. The van der Waals surface area contributed by atoms with Crippen LogP contribution in [0.1, 0.15) is 5.56 Å². The maximum atomic E-state index is 6.22. The third-order valence-electron chi connectivity index (χ3n) is 2.47. The summed E-state index contributed by atoms with van der Waals surface area (Å²) in [5.74, 6) is 0.627. The summed E-state index contributed by atoms with van der Waals surface area (Å²) in [6.07, 6.45) is 1.73. The van der Waals surface area contributed by atoms with E-state index in [2.05, 4.69) is 5.10 Å². The molecule has 0 radical (unpaired) electrons. The lowest BCUT2D eigenvalue weighted by molar-refractivity contribution is 0.779. The summed E-state index contributed by atoms with van der Waals surface area (Å²) in [5, 5.41) is 4.83. The van der Waals surface area contributed by atoms with Gasteiger partial charge in [-0.25, -0.2) is 0 Å². The Morgan fingerprint density at radius 2 is 2.07 bits per heavy atom. The molecule has 1 aromatic heterocycles. The van der Waals surface area contributed by atoms with Crippen molar-refractivity contribution in [3.05, 3.63) is 35.0 Å². The van der Waals surface area contributed by atoms with E-state index in [1.165, 1.54) is 0 Å². The standard InChI is InChI=1S/C11H12ClN3/c1-7-4-3-5-8(10(7)12)9-6-14-15(2)11(9)13/h3-6H,13H2,1-2H3. The molecule has 78 valence electrons. The molecule has 0 aliphatic rings. The first-order valence-electron chi connectivity index (χ1n) is 4.64. The van der Waals surface area contributed by atoms with Gasteiger partial charge in [0.25, 0.3) is 0 Å². The molecule has 0 saturated carbocycles. The van der Waals surface area contributed by atoms with Gasteiger partial charge in [-0.15, -0.1) is 0 Å². The summed E-state index contributed by atoms with van der Waals surface area (Å²) >= 11 is 6.22. The monoisotopic (exact) mass is 221 g/mol. The van der Waals surface area contributed by atoms with Crippen LogP contribution in [0.15, 0.2) is 24.4 Å². The first kappa shape index (κ1) is 10.1. The van der Waals surface area contributed by atoms with Crippen LogP contribution in [0.4, 0.5) is 5.82 Å². The van der Waals surface area contributed by atoms with E-state index < -0.39 is 0 Å². The van der Waals surface area contributed by atoms with E-state index in [-0.39, 0.29) is 0 Å². The highest BCUT2D eigenvalue weighted by Gasteiger charge is 2.11. The molecule has 3 nitrogen and oxygen atoms in total. The fourth-order valence-corrected chi connectivity index (χ4v) is 1.74. The summed E-state index contributed by atoms with van der Waals surface area (Å²) in [7, 11) is 1.81. The first-order chi connectivity index (χ1) is 7.11. The molecule has 0 saturated heterocycles. The Hall–Kier alpha value is -1.48. The van der Waals surface area contributed by atoms with Crippen LogP contribution in [-0.4, -0.2) is 9.78 Å². The maximum absolute atomic E-state index is 6.22. The Labute approximate surface area is 93.5 Å². The molecular formula is C11H12ClN3. The second-order valence-corrected chi connectivity index (χ2v) is 3.88. The van der Waals surface area contributed by atoms with Gasteiger partial charge < -0.3 is 5.73 Å². The van der Waals surface area contributed by atoms with Gasteiger partial charge in [-0.05, 0) is 12.5 Å². The quantitative estimate of drug-likeness (QED) is 0.805. The number of nitrogens with two attached hydrogens (primary N) is 1. The summed E-state index contributed by atoms with van der Waals surface area (Å²) < 4.78 is 1.63. The largest absolute Gasteiger partial charge is 0.383 e. The van der Waals surface area contributed by atoms with E-state index >= 15 is 0 Å². The Morgan fingerprint density at radius 3 is 2.67 bits per heavy atom.